The molecular formula is C10H22N2Na2O10. The molecule has 14 heteroatoms. The molecule has 1 rings (SSSR count). The van der Waals surface area contributed by atoms with Crippen molar-refractivity contribution in [1.82, 2.24) is 6.15 Å². The summed E-state index contributed by atoms with van der Waals surface area (Å²) >= 11 is 0. The maximum atomic E-state index is 11.3. The van der Waals surface area contributed by atoms with Gasteiger partial charge in [-0.3, -0.25) is 4.48 Å². The van der Waals surface area contributed by atoms with Gasteiger partial charge in [0.1, 0.15) is 6.54 Å². The largest absolute Gasteiger partial charge is 1.00 e. The number of rotatable bonds is 8. The fourth-order valence-corrected chi connectivity index (χ4v) is 2.40. The Bertz CT molecular complexity index is 424. The first-order valence-corrected chi connectivity index (χ1v) is 5.38. The Balaban J connectivity index is -0.000000103. The van der Waals surface area contributed by atoms with Crippen molar-refractivity contribution in [2.75, 3.05) is 19.6 Å². The summed E-state index contributed by atoms with van der Waals surface area (Å²) in [5, 5.41) is 37.6. The van der Waals surface area contributed by atoms with E-state index in [4.69, 9.17) is 15.3 Å². The van der Waals surface area contributed by atoms with E-state index in [9.17, 15) is 24.3 Å². The molecule has 0 amide bonds. The van der Waals surface area contributed by atoms with Crippen LogP contribution in [0.15, 0.2) is 0 Å². The van der Waals surface area contributed by atoms with Gasteiger partial charge in [0.05, 0.1) is 5.97 Å². The van der Waals surface area contributed by atoms with E-state index in [1.54, 1.807) is 0 Å². The van der Waals surface area contributed by atoms with Crippen LogP contribution in [-0.2, 0) is 19.2 Å². The van der Waals surface area contributed by atoms with Crippen molar-refractivity contribution in [2.24, 2.45) is 0 Å². The number of hydrogen-bond acceptors (Lipinski definition) is 6. The molecule has 0 spiro atoms. The standard InChI is InChI=1S/C10H13NO8.H3N.2Na.2H2O.2H/c12-6(13)3-11(4-7(14)15,5-8(16)17)10(1-2-10)9(18)19;;;;;;;/h1-5H2,(H3-,12,13,14,15,16,17,18,19);1H3;;;2*1H2;;/q;;2*+1;;;2*-1. The zero-order valence-electron chi connectivity index (χ0n) is 15.6. The predicted octanol–water partition coefficient (Wildman–Crippen LogP) is -9.91. The summed E-state index contributed by atoms with van der Waals surface area (Å²) in [5.74, 6) is -6.00. The van der Waals surface area contributed by atoms with Crippen molar-refractivity contribution in [2.45, 2.75) is 18.4 Å². The molecule has 0 aliphatic heterocycles. The molecule has 12 nitrogen and oxygen atoms in total. The molecule has 0 heterocycles. The monoisotopic (exact) mass is 376 g/mol. The van der Waals surface area contributed by atoms with Gasteiger partial charge in [-0.15, -0.1) is 0 Å². The van der Waals surface area contributed by atoms with E-state index in [2.05, 4.69) is 0 Å². The molecule has 0 unspecified atom stereocenters. The van der Waals surface area contributed by atoms with Crippen molar-refractivity contribution >= 4 is 23.9 Å². The van der Waals surface area contributed by atoms with Gasteiger partial charge in [-0.2, -0.15) is 0 Å². The molecule has 10 N–H and O–H groups in total. The first kappa shape index (κ1) is 34.9. The van der Waals surface area contributed by atoms with Crippen molar-refractivity contribution in [1.29, 1.82) is 0 Å². The predicted molar refractivity (Wildman–Crippen MR) is 69.2 cm³/mol. The van der Waals surface area contributed by atoms with Crippen LogP contribution in [0.2, 0.25) is 0 Å². The maximum Gasteiger partial charge on any atom is 1.00 e. The van der Waals surface area contributed by atoms with Gasteiger partial charge in [0.2, 0.25) is 0 Å². The van der Waals surface area contributed by atoms with Gasteiger partial charge in [-0.1, -0.05) is 0 Å². The summed E-state index contributed by atoms with van der Waals surface area (Å²) in [6.07, 6.45) is 0.0757. The van der Waals surface area contributed by atoms with Crippen LogP contribution in [0.5, 0.6) is 0 Å². The van der Waals surface area contributed by atoms with Crippen LogP contribution in [0.3, 0.4) is 0 Å². The first-order valence-electron chi connectivity index (χ1n) is 5.38. The van der Waals surface area contributed by atoms with Crippen LogP contribution >= 0.6 is 0 Å². The van der Waals surface area contributed by atoms with Crippen molar-refractivity contribution in [3.63, 3.8) is 0 Å². The van der Waals surface area contributed by atoms with E-state index < -0.39 is 53.5 Å². The number of carbonyl (C=O) groups excluding carboxylic acids is 1. The number of hydrogen-bond donors (Lipinski definition) is 4. The number of carboxylic acid groups (broad SMARTS) is 4. The van der Waals surface area contributed by atoms with Crippen molar-refractivity contribution < 1.29 is 117 Å². The second-order valence-corrected chi connectivity index (χ2v) is 4.62. The molecular weight excluding hydrogens is 354 g/mol. The molecule has 1 aliphatic rings. The molecule has 1 aliphatic carbocycles. The van der Waals surface area contributed by atoms with Crippen LogP contribution in [-0.4, -0.2) is 79.8 Å². The summed E-state index contributed by atoms with van der Waals surface area (Å²) in [5.41, 5.74) is -1.67. The van der Waals surface area contributed by atoms with E-state index in [0.29, 0.717) is 0 Å². The Morgan fingerprint density at radius 1 is 0.917 bits per heavy atom. The molecule has 0 atom stereocenters. The number of quaternary nitrogens is 1. The van der Waals surface area contributed by atoms with Gasteiger partial charge in [-0.25, -0.2) is 14.4 Å². The third-order valence-corrected chi connectivity index (χ3v) is 3.34. The molecule has 0 radical (unpaired) electrons. The Kier molecular flexibility index (Phi) is 18.9. The minimum Gasteiger partial charge on any atom is -1.00 e. The topological polar surface area (TPSA) is 250 Å². The zero-order valence-corrected chi connectivity index (χ0v) is 17.6. The van der Waals surface area contributed by atoms with Crippen LogP contribution in [0.1, 0.15) is 15.7 Å². The van der Waals surface area contributed by atoms with E-state index in [0.717, 1.165) is 0 Å². The number of aliphatic carboxylic acids is 4. The van der Waals surface area contributed by atoms with E-state index in [1.807, 2.05) is 0 Å². The summed E-state index contributed by atoms with van der Waals surface area (Å²) in [6, 6.07) is 0. The maximum absolute atomic E-state index is 11.3. The second kappa shape index (κ2) is 13.0. The van der Waals surface area contributed by atoms with Crippen LogP contribution in [0.4, 0.5) is 0 Å². The quantitative estimate of drug-likeness (QED) is 0.231. The average Bonchev–Trinajstić information content (AvgIpc) is 2.93. The van der Waals surface area contributed by atoms with E-state index in [-0.39, 0.29) is 91.9 Å². The summed E-state index contributed by atoms with van der Waals surface area (Å²) in [6.45, 7) is -2.76. The SMILES string of the molecule is N.O.O.O=C([O-])C[N+](CC(=O)O)(CC(=O)O)C1(C(=O)O)CC1.[H-].[H-].[Na+].[Na+]. The Morgan fingerprint density at radius 2 is 1.25 bits per heavy atom. The Labute approximate surface area is 184 Å². The summed E-state index contributed by atoms with van der Waals surface area (Å²) in [7, 11) is 0. The van der Waals surface area contributed by atoms with E-state index in [1.165, 1.54) is 0 Å². The fourth-order valence-electron chi connectivity index (χ4n) is 2.40. The van der Waals surface area contributed by atoms with Crippen LogP contribution in [0.25, 0.3) is 0 Å². The molecule has 134 valence electrons. The molecule has 0 aromatic heterocycles. The molecule has 24 heavy (non-hydrogen) atoms. The number of carbonyl (C=O) groups is 4. The molecule has 0 aromatic carbocycles. The van der Waals surface area contributed by atoms with Gasteiger partial charge in [0, 0.05) is 12.8 Å². The Morgan fingerprint density at radius 3 is 1.42 bits per heavy atom. The molecule has 0 bridgehead atoms. The van der Waals surface area contributed by atoms with Crippen LogP contribution in [0, 0.1) is 0 Å². The van der Waals surface area contributed by atoms with Gasteiger partial charge in [0.15, 0.2) is 18.6 Å². The minimum atomic E-state index is -1.69. The van der Waals surface area contributed by atoms with Crippen molar-refractivity contribution in [3.8, 4) is 0 Å². The van der Waals surface area contributed by atoms with Gasteiger partial charge >= 0.3 is 77.0 Å². The Hall–Kier alpha value is -0.280. The average molecular weight is 376 g/mol. The van der Waals surface area contributed by atoms with Gasteiger partial charge in [-0.05, 0) is 0 Å². The third-order valence-electron chi connectivity index (χ3n) is 3.34. The van der Waals surface area contributed by atoms with Crippen molar-refractivity contribution in [3.05, 3.63) is 0 Å². The zero-order chi connectivity index (χ0) is 14.8. The van der Waals surface area contributed by atoms with Gasteiger partial charge in [0.25, 0.3) is 0 Å². The second-order valence-electron chi connectivity index (χ2n) is 4.62. The van der Waals surface area contributed by atoms with E-state index >= 15 is 0 Å². The first-order chi connectivity index (χ1) is 8.65. The van der Waals surface area contributed by atoms with Crippen LogP contribution < -0.4 is 70.4 Å². The smallest absolute Gasteiger partial charge is 1.00 e. The fraction of sp³-hybridized carbons (Fsp3) is 0.600. The van der Waals surface area contributed by atoms with Gasteiger partial charge < -0.3 is 45.2 Å². The molecule has 0 aromatic rings. The number of nitrogens with zero attached hydrogens (tertiary/aromatic N) is 1. The molecule has 0 saturated heterocycles. The summed E-state index contributed by atoms with van der Waals surface area (Å²) in [4.78, 5) is 43.7. The minimum absolute atomic E-state index is 0. The molecule has 1 saturated carbocycles. The third kappa shape index (κ3) is 7.74. The number of carboxylic acids is 4. The normalized spacial score (nSPS) is 13.2. The summed E-state index contributed by atoms with van der Waals surface area (Å²) < 4.78 is -1.07. The molecule has 1 fully saturated rings.